The van der Waals surface area contributed by atoms with Gasteiger partial charge in [0.15, 0.2) is 12.1 Å². The molecule has 0 aliphatic carbocycles. The van der Waals surface area contributed by atoms with Crippen molar-refractivity contribution in [1.29, 1.82) is 10.5 Å². The van der Waals surface area contributed by atoms with E-state index in [1.807, 2.05) is 0 Å². The molecule has 7 heavy (non-hydrogen) atoms. The van der Waals surface area contributed by atoms with Crippen molar-refractivity contribution < 1.29 is 16.5 Å². The molecule has 0 saturated carbocycles. The first-order valence-electron chi connectivity index (χ1n) is 0.697. The average Bonchev–Trinajstić information content (AvgIpc) is 1.37. The second kappa shape index (κ2) is 41.6. The van der Waals surface area contributed by atoms with Crippen molar-refractivity contribution in [3.8, 4) is 12.1 Å². The summed E-state index contributed by atoms with van der Waals surface area (Å²) in [5.41, 5.74) is 0. The summed E-state index contributed by atoms with van der Waals surface area (Å²) < 4.78 is 0. The van der Waals surface area contributed by atoms with Crippen LogP contribution in [0.25, 0.3) is 0 Å². The minimum atomic E-state index is 0. The molecule has 0 aliphatic rings. The maximum absolute atomic E-state index is 7.26. The molecule has 0 spiro atoms. The predicted octanol–water partition coefficient (Wildman–Crippen LogP) is 0.306. The SMILES string of the molecule is N.N#CC#N.S.[Ni+2]. The van der Waals surface area contributed by atoms with Crippen molar-refractivity contribution in [2.75, 3.05) is 0 Å². The van der Waals surface area contributed by atoms with E-state index in [1.165, 1.54) is 12.1 Å². The third kappa shape index (κ3) is 135. The van der Waals surface area contributed by atoms with E-state index in [0.717, 1.165) is 0 Å². The fourth-order valence-electron chi connectivity index (χ4n) is 0. The van der Waals surface area contributed by atoms with Crippen LogP contribution in [-0.2, 0) is 16.5 Å². The largest absolute Gasteiger partial charge is 2.00 e. The van der Waals surface area contributed by atoms with Crippen molar-refractivity contribution in [2.24, 2.45) is 0 Å². The Morgan fingerprint density at radius 2 is 1.14 bits per heavy atom. The van der Waals surface area contributed by atoms with Crippen LogP contribution in [0, 0.1) is 22.7 Å². The molecule has 0 saturated heterocycles. The molecule has 0 aliphatic heterocycles. The van der Waals surface area contributed by atoms with Gasteiger partial charge in [0, 0.05) is 0 Å². The Bertz CT molecular complexity index is 67.9. The fraction of sp³-hybridized carbons (Fsp3) is 0. The van der Waals surface area contributed by atoms with Crippen LogP contribution in [0.3, 0.4) is 0 Å². The zero-order chi connectivity index (χ0) is 3.41. The quantitative estimate of drug-likeness (QED) is 0.520. The third-order valence-electron chi connectivity index (χ3n) is 0.0500. The molecule has 0 unspecified atom stereocenters. The molecule has 0 rings (SSSR count). The molecule has 0 heterocycles. The molecule has 0 aromatic heterocycles. The zero-order valence-electron chi connectivity index (χ0n) is 3.42. The summed E-state index contributed by atoms with van der Waals surface area (Å²) in [5.74, 6) is 0. The van der Waals surface area contributed by atoms with Gasteiger partial charge in [0.1, 0.15) is 0 Å². The standard InChI is InChI=1S/C2N2.H3N.Ni.H2S/c3-1-2-4;;;/h;1H3;;1H2/q;;+2;. The van der Waals surface area contributed by atoms with E-state index in [0.29, 0.717) is 0 Å². The molecule has 0 atom stereocenters. The summed E-state index contributed by atoms with van der Waals surface area (Å²) in [5, 5.41) is 14.5. The van der Waals surface area contributed by atoms with E-state index >= 15 is 0 Å². The Morgan fingerprint density at radius 1 is 1.00 bits per heavy atom. The van der Waals surface area contributed by atoms with Gasteiger partial charge in [0.05, 0.1) is 0 Å². The van der Waals surface area contributed by atoms with E-state index in [-0.39, 0.29) is 36.1 Å². The predicted molar refractivity (Wildman–Crippen MR) is 26.6 cm³/mol. The minimum absolute atomic E-state index is 0. The third-order valence-corrected chi connectivity index (χ3v) is 0.0500. The maximum atomic E-state index is 7.26. The van der Waals surface area contributed by atoms with Gasteiger partial charge < -0.3 is 6.15 Å². The van der Waals surface area contributed by atoms with Crippen LogP contribution in [0.5, 0.6) is 0 Å². The fourth-order valence-corrected chi connectivity index (χ4v) is 0. The van der Waals surface area contributed by atoms with Crippen LogP contribution in [-0.4, -0.2) is 0 Å². The van der Waals surface area contributed by atoms with Crippen LogP contribution < -0.4 is 6.15 Å². The molecular weight excluding hydrogens is 157 g/mol. The Kier molecular flexibility index (Phi) is 174. The van der Waals surface area contributed by atoms with Gasteiger partial charge in [-0.05, 0) is 0 Å². The van der Waals surface area contributed by atoms with E-state index < -0.39 is 0 Å². The molecule has 0 amide bonds. The van der Waals surface area contributed by atoms with Gasteiger partial charge in [-0.3, -0.25) is 0 Å². The average molecular weight is 162 g/mol. The molecule has 3 N–H and O–H groups in total. The second-order valence-corrected chi connectivity index (χ2v) is 0.224. The summed E-state index contributed by atoms with van der Waals surface area (Å²) in [6.45, 7) is 0. The summed E-state index contributed by atoms with van der Waals surface area (Å²) in [6.07, 6.45) is 0. The van der Waals surface area contributed by atoms with Gasteiger partial charge >= 0.3 is 16.5 Å². The molecule has 3 nitrogen and oxygen atoms in total. The van der Waals surface area contributed by atoms with E-state index in [2.05, 4.69) is 0 Å². The molecule has 0 aromatic rings. The summed E-state index contributed by atoms with van der Waals surface area (Å²) in [4.78, 5) is 0. The minimum Gasteiger partial charge on any atom is -0.344 e. The van der Waals surface area contributed by atoms with Gasteiger partial charge in [-0.2, -0.15) is 24.0 Å². The molecule has 0 radical (unpaired) electrons. The van der Waals surface area contributed by atoms with Crippen molar-refractivity contribution >= 4 is 13.5 Å². The van der Waals surface area contributed by atoms with Crippen LogP contribution in [0.4, 0.5) is 0 Å². The maximum Gasteiger partial charge on any atom is 2.00 e. The Labute approximate surface area is 59.3 Å². The first kappa shape index (κ1) is 29.3. The van der Waals surface area contributed by atoms with Crippen molar-refractivity contribution in [3.05, 3.63) is 0 Å². The zero-order valence-corrected chi connectivity index (χ0v) is 5.41. The first-order valence-corrected chi connectivity index (χ1v) is 0.697. The molecule has 0 bridgehead atoms. The van der Waals surface area contributed by atoms with E-state index in [4.69, 9.17) is 10.5 Å². The summed E-state index contributed by atoms with van der Waals surface area (Å²) in [7, 11) is 0. The van der Waals surface area contributed by atoms with Gasteiger partial charge in [-0.15, -0.1) is 0 Å². The smallest absolute Gasteiger partial charge is 0.344 e. The van der Waals surface area contributed by atoms with Gasteiger partial charge in [-0.1, -0.05) is 0 Å². The van der Waals surface area contributed by atoms with Crippen molar-refractivity contribution in [2.45, 2.75) is 0 Å². The number of hydrogen-bond acceptors (Lipinski definition) is 3. The molecule has 5 heteroatoms. The Balaban J connectivity index is -0.0000000150. The summed E-state index contributed by atoms with van der Waals surface area (Å²) >= 11 is 0. The van der Waals surface area contributed by atoms with Crippen molar-refractivity contribution in [1.82, 2.24) is 6.15 Å². The normalized spacial score (nSPS) is 1.43. The van der Waals surface area contributed by atoms with E-state index in [9.17, 15) is 0 Å². The Hall–Kier alpha value is -0.216. The Morgan fingerprint density at radius 3 is 1.14 bits per heavy atom. The number of rotatable bonds is 0. The van der Waals surface area contributed by atoms with Crippen LogP contribution in [0.1, 0.15) is 0 Å². The van der Waals surface area contributed by atoms with Gasteiger partial charge in [-0.25, -0.2) is 0 Å². The van der Waals surface area contributed by atoms with Crippen LogP contribution in [0.2, 0.25) is 0 Å². The molecule has 0 aromatic carbocycles. The second-order valence-electron chi connectivity index (χ2n) is 0.224. The van der Waals surface area contributed by atoms with Gasteiger partial charge in [0.2, 0.25) is 0 Å². The van der Waals surface area contributed by atoms with Gasteiger partial charge in [0.25, 0.3) is 0 Å². The number of nitriles is 2. The monoisotopic (exact) mass is 161 g/mol. The topological polar surface area (TPSA) is 82.6 Å². The van der Waals surface area contributed by atoms with E-state index in [1.54, 1.807) is 0 Å². The number of nitrogens with zero attached hydrogens (tertiary/aromatic N) is 2. The van der Waals surface area contributed by atoms with Crippen LogP contribution >= 0.6 is 13.5 Å². The molecular formula is C2H5N3NiS+2. The molecule has 0 fully saturated rings. The number of hydrogen-bond donors (Lipinski definition) is 1. The molecule has 42 valence electrons. The first-order chi connectivity index (χ1) is 1.91. The van der Waals surface area contributed by atoms with Crippen LogP contribution in [0.15, 0.2) is 0 Å². The summed E-state index contributed by atoms with van der Waals surface area (Å²) in [6, 6.07) is 2.47. The van der Waals surface area contributed by atoms with Crippen molar-refractivity contribution in [3.63, 3.8) is 0 Å².